The van der Waals surface area contributed by atoms with Gasteiger partial charge >= 0.3 is 0 Å². The lowest BCUT2D eigenvalue weighted by Crippen LogP contribution is -2.14. The van der Waals surface area contributed by atoms with Crippen LogP contribution in [0.15, 0.2) is 36.4 Å². The van der Waals surface area contributed by atoms with Gasteiger partial charge in [0.15, 0.2) is 0 Å². The number of hydrogen-bond acceptors (Lipinski definition) is 1. The number of rotatable bonds is 2. The molecule has 0 bridgehead atoms. The first-order valence-electron chi connectivity index (χ1n) is 6.12. The number of halogens is 1. The highest BCUT2D eigenvalue weighted by molar-refractivity contribution is 6.05. The van der Waals surface area contributed by atoms with Gasteiger partial charge in [0.2, 0.25) is 0 Å². The standard InChI is InChI=1S/C16H16FNO/c1-10-4-5-11(2)15(8-10)18-16(19)14-7-6-13(17)9-12(14)3/h4-9H,1-3H3,(H,18,19). The number of nitrogens with one attached hydrogen (secondary N) is 1. The van der Waals surface area contributed by atoms with E-state index in [4.69, 9.17) is 0 Å². The molecule has 0 aliphatic rings. The van der Waals surface area contributed by atoms with Crippen molar-refractivity contribution >= 4 is 11.6 Å². The number of aryl methyl sites for hydroxylation is 3. The second-order valence-electron chi connectivity index (χ2n) is 4.73. The number of anilines is 1. The third kappa shape index (κ3) is 2.99. The van der Waals surface area contributed by atoms with Gasteiger partial charge in [-0.2, -0.15) is 0 Å². The lowest BCUT2D eigenvalue weighted by Gasteiger charge is -2.11. The topological polar surface area (TPSA) is 29.1 Å². The molecule has 0 radical (unpaired) electrons. The zero-order chi connectivity index (χ0) is 14.0. The van der Waals surface area contributed by atoms with Crippen molar-refractivity contribution in [1.82, 2.24) is 0 Å². The predicted molar refractivity (Wildman–Crippen MR) is 75.0 cm³/mol. The predicted octanol–water partition coefficient (Wildman–Crippen LogP) is 4.00. The van der Waals surface area contributed by atoms with E-state index in [1.165, 1.54) is 18.2 Å². The first-order valence-corrected chi connectivity index (χ1v) is 6.12. The summed E-state index contributed by atoms with van der Waals surface area (Å²) in [5, 5.41) is 2.87. The van der Waals surface area contributed by atoms with Crippen molar-refractivity contribution < 1.29 is 9.18 Å². The summed E-state index contributed by atoms with van der Waals surface area (Å²) >= 11 is 0. The highest BCUT2D eigenvalue weighted by atomic mass is 19.1. The van der Waals surface area contributed by atoms with E-state index in [2.05, 4.69) is 5.32 Å². The van der Waals surface area contributed by atoms with Crippen molar-refractivity contribution in [1.29, 1.82) is 0 Å². The van der Waals surface area contributed by atoms with Crippen LogP contribution in [0.1, 0.15) is 27.0 Å². The van der Waals surface area contributed by atoms with E-state index in [1.807, 2.05) is 32.0 Å². The third-order valence-electron chi connectivity index (χ3n) is 3.07. The Kier molecular flexibility index (Phi) is 3.65. The highest BCUT2D eigenvalue weighted by Gasteiger charge is 2.11. The Labute approximate surface area is 112 Å². The fraction of sp³-hybridized carbons (Fsp3) is 0.188. The molecule has 2 aromatic carbocycles. The molecule has 0 saturated carbocycles. The second-order valence-corrected chi connectivity index (χ2v) is 4.73. The van der Waals surface area contributed by atoms with Gasteiger partial charge in [0, 0.05) is 11.3 Å². The molecular formula is C16H16FNO. The zero-order valence-corrected chi connectivity index (χ0v) is 11.3. The average molecular weight is 257 g/mol. The maximum absolute atomic E-state index is 13.0. The van der Waals surface area contributed by atoms with Crippen LogP contribution in [0.4, 0.5) is 10.1 Å². The number of carbonyl (C=O) groups excluding carboxylic acids is 1. The van der Waals surface area contributed by atoms with Gasteiger partial charge in [0.05, 0.1) is 0 Å². The van der Waals surface area contributed by atoms with E-state index >= 15 is 0 Å². The summed E-state index contributed by atoms with van der Waals surface area (Å²) in [5.74, 6) is -0.549. The summed E-state index contributed by atoms with van der Waals surface area (Å²) in [6.45, 7) is 5.63. The van der Waals surface area contributed by atoms with Crippen molar-refractivity contribution in [2.75, 3.05) is 5.32 Å². The minimum atomic E-state index is -0.333. The van der Waals surface area contributed by atoms with Crippen LogP contribution < -0.4 is 5.32 Å². The largest absolute Gasteiger partial charge is 0.322 e. The van der Waals surface area contributed by atoms with E-state index < -0.39 is 0 Å². The Morgan fingerprint density at radius 2 is 1.74 bits per heavy atom. The number of benzene rings is 2. The van der Waals surface area contributed by atoms with E-state index in [0.717, 1.165) is 16.8 Å². The molecule has 2 aromatic rings. The summed E-state index contributed by atoms with van der Waals surface area (Å²) in [6, 6.07) is 10.0. The maximum atomic E-state index is 13.0. The van der Waals surface area contributed by atoms with E-state index in [1.54, 1.807) is 6.92 Å². The number of hydrogen-bond donors (Lipinski definition) is 1. The molecule has 0 aliphatic carbocycles. The molecule has 1 N–H and O–H groups in total. The average Bonchev–Trinajstić information content (AvgIpc) is 2.33. The van der Waals surface area contributed by atoms with Crippen molar-refractivity contribution in [3.63, 3.8) is 0 Å². The second kappa shape index (κ2) is 5.22. The van der Waals surface area contributed by atoms with Crippen molar-refractivity contribution in [3.05, 3.63) is 64.5 Å². The van der Waals surface area contributed by atoms with Crippen LogP contribution in [0.25, 0.3) is 0 Å². The maximum Gasteiger partial charge on any atom is 0.255 e. The van der Waals surface area contributed by atoms with Gasteiger partial charge in [0.25, 0.3) is 5.91 Å². The Morgan fingerprint density at radius 1 is 1.00 bits per heavy atom. The number of amides is 1. The first-order chi connectivity index (χ1) is 8.97. The molecule has 0 heterocycles. The number of carbonyl (C=O) groups is 1. The minimum Gasteiger partial charge on any atom is -0.322 e. The summed E-state index contributed by atoms with van der Waals surface area (Å²) in [4.78, 5) is 12.2. The molecule has 0 aromatic heterocycles. The summed E-state index contributed by atoms with van der Waals surface area (Å²) in [6.07, 6.45) is 0. The van der Waals surface area contributed by atoms with E-state index in [9.17, 15) is 9.18 Å². The third-order valence-corrected chi connectivity index (χ3v) is 3.07. The lowest BCUT2D eigenvalue weighted by atomic mass is 10.1. The smallest absolute Gasteiger partial charge is 0.255 e. The van der Waals surface area contributed by atoms with Crippen LogP contribution >= 0.6 is 0 Å². The normalized spacial score (nSPS) is 10.3. The molecule has 2 rings (SSSR count). The molecule has 0 atom stereocenters. The quantitative estimate of drug-likeness (QED) is 0.865. The zero-order valence-electron chi connectivity index (χ0n) is 11.3. The van der Waals surface area contributed by atoms with Gasteiger partial charge in [-0.3, -0.25) is 4.79 Å². The van der Waals surface area contributed by atoms with Crippen LogP contribution in [0.3, 0.4) is 0 Å². The Balaban J connectivity index is 2.28. The van der Waals surface area contributed by atoms with Crippen molar-refractivity contribution in [2.24, 2.45) is 0 Å². The van der Waals surface area contributed by atoms with Crippen LogP contribution in [-0.2, 0) is 0 Å². The fourth-order valence-electron chi connectivity index (χ4n) is 1.94. The molecule has 0 fully saturated rings. The lowest BCUT2D eigenvalue weighted by molar-refractivity contribution is 0.102. The minimum absolute atomic E-state index is 0.216. The van der Waals surface area contributed by atoms with Gasteiger partial charge in [0.1, 0.15) is 5.82 Å². The molecule has 2 nitrogen and oxygen atoms in total. The van der Waals surface area contributed by atoms with Gasteiger partial charge in [-0.25, -0.2) is 4.39 Å². The van der Waals surface area contributed by atoms with Gasteiger partial charge in [-0.05, 0) is 61.7 Å². The summed E-state index contributed by atoms with van der Waals surface area (Å²) < 4.78 is 13.0. The van der Waals surface area contributed by atoms with Gasteiger partial charge in [-0.15, -0.1) is 0 Å². The molecule has 19 heavy (non-hydrogen) atoms. The summed E-state index contributed by atoms with van der Waals surface area (Å²) in [7, 11) is 0. The molecule has 0 aliphatic heterocycles. The van der Waals surface area contributed by atoms with E-state index in [-0.39, 0.29) is 11.7 Å². The molecule has 3 heteroatoms. The van der Waals surface area contributed by atoms with Gasteiger partial charge < -0.3 is 5.32 Å². The van der Waals surface area contributed by atoms with Gasteiger partial charge in [-0.1, -0.05) is 12.1 Å². The van der Waals surface area contributed by atoms with E-state index in [0.29, 0.717) is 11.1 Å². The Morgan fingerprint density at radius 3 is 2.42 bits per heavy atom. The molecule has 0 unspecified atom stereocenters. The fourth-order valence-corrected chi connectivity index (χ4v) is 1.94. The monoisotopic (exact) mass is 257 g/mol. The molecular weight excluding hydrogens is 241 g/mol. The van der Waals surface area contributed by atoms with Crippen molar-refractivity contribution in [2.45, 2.75) is 20.8 Å². The molecule has 0 saturated heterocycles. The Hall–Kier alpha value is -2.16. The van der Waals surface area contributed by atoms with Crippen LogP contribution in [0.5, 0.6) is 0 Å². The van der Waals surface area contributed by atoms with Crippen LogP contribution in [0, 0.1) is 26.6 Å². The summed E-state index contributed by atoms with van der Waals surface area (Å²) in [5.41, 5.74) is 3.98. The van der Waals surface area contributed by atoms with Crippen molar-refractivity contribution in [3.8, 4) is 0 Å². The molecule has 1 amide bonds. The highest BCUT2D eigenvalue weighted by Crippen LogP contribution is 2.18. The van der Waals surface area contributed by atoms with Crippen LogP contribution in [0.2, 0.25) is 0 Å². The molecule has 0 spiro atoms. The van der Waals surface area contributed by atoms with Crippen LogP contribution in [-0.4, -0.2) is 5.91 Å². The SMILES string of the molecule is Cc1ccc(C)c(NC(=O)c2ccc(F)cc2C)c1. The molecule has 98 valence electrons. The first kappa shape index (κ1) is 13.3. The Bertz CT molecular complexity index is 635.